The predicted molar refractivity (Wildman–Crippen MR) is 149 cm³/mol. The van der Waals surface area contributed by atoms with Crippen LogP contribution in [0, 0.1) is 12.7 Å². The molecule has 5 rings (SSSR count). The van der Waals surface area contributed by atoms with Crippen molar-refractivity contribution in [3.8, 4) is 11.5 Å². The number of hydrogen-bond donors (Lipinski definition) is 2. The van der Waals surface area contributed by atoms with E-state index in [4.69, 9.17) is 14.6 Å². The first-order valence-electron chi connectivity index (χ1n) is 13.8. The molecule has 0 amide bonds. The maximum Gasteiger partial charge on any atom is 0.328 e. The SMILES string of the molecule is CCC(O)Cn1c(/C=C/C(=O)O)cnc1CN1CCC(c2cccc3c2OC(C)(c2ccc(C)cc2F)O3)CC1. The topological polar surface area (TPSA) is 97.1 Å². The lowest BCUT2D eigenvalue weighted by atomic mass is 9.88. The fourth-order valence-corrected chi connectivity index (χ4v) is 5.57. The standard InChI is InChI=1S/C31H36FN3O5/c1-4-23(36)18-35-22(9-11-29(37)38)17-33-28(35)19-34-14-12-21(13-15-34)24-6-5-7-27-30(24)40-31(3,39-27)25-10-8-20(2)16-26(25)32/h5-11,16-17,21,23,36H,4,12-15,18-19H2,1-3H3,(H,37,38)/b11-9+. The molecule has 0 spiro atoms. The molecule has 3 aromatic rings. The monoisotopic (exact) mass is 549 g/mol. The number of benzene rings is 2. The number of para-hydroxylation sites is 1. The van der Waals surface area contributed by atoms with Crippen molar-refractivity contribution in [1.82, 2.24) is 14.5 Å². The number of aliphatic hydroxyl groups is 1. The molecule has 2 aliphatic heterocycles. The van der Waals surface area contributed by atoms with Gasteiger partial charge in [0.1, 0.15) is 11.6 Å². The molecule has 2 aromatic carbocycles. The van der Waals surface area contributed by atoms with Crippen molar-refractivity contribution in [3.63, 3.8) is 0 Å². The van der Waals surface area contributed by atoms with Crippen molar-refractivity contribution in [2.45, 2.75) is 70.9 Å². The van der Waals surface area contributed by atoms with Gasteiger partial charge in [-0.3, -0.25) is 4.90 Å². The molecular formula is C31H36FN3O5. The van der Waals surface area contributed by atoms with Gasteiger partial charge in [-0.05, 0) is 75.0 Å². The third-order valence-electron chi connectivity index (χ3n) is 7.85. The number of halogens is 1. The van der Waals surface area contributed by atoms with E-state index in [1.54, 1.807) is 19.2 Å². The van der Waals surface area contributed by atoms with E-state index in [1.165, 1.54) is 12.1 Å². The Balaban J connectivity index is 1.28. The fraction of sp³-hybridized carbons (Fsp3) is 0.419. The van der Waals surface area contributed by atoms with E-state index in [0.29, 0.717) is 42.3 Å². The summed E-state index contributed by atoms with van der Waals surface area (Å²) in [5.74, 6) is -0.248. The number of imidazole rings is 1. The summed E-state index contributed by atoms with van der Waals surface area (Å²) in [6.07, 6.45) is 6.11. The van der Waals surface area contributed by atoms with Crippen LogP contribution in [0.25, 0.3) is 6.08 Å². The highest BCUT2D eigenvalue weighted by atomic mass is 19.1. The molecule has 1 aromatic heterocycles. The molecule has 212 valence electrons. The predicted octanol–water partition coefficient (Wildman–Crippen LogP) is 5.22. The first kappa shape index (κ1) is 27.9. The largest absolute Gasteiger partial charge is 0.478 e. The molecule has 2 unspecified atom stereocenters. The quantitative estimate of drug-likeness (QED) is 0.353. The fourth-order valence-electron chi connectivity index (χ4n) is 5.57. The number of aryl methyl sites for hydroxylation is 1. The van der Waals surface area contributed by atoms with Crippen molar-refractivity contribution in [2.75, 3.05) is 13.1 Å². The summed E-state index contributed by atoms with van der Waals surface area (Å²) in [5.41, 5.74) is 2.94. The number of piperidine rings is 1. The molecule has 0 radical (unpaired) electrons. The molecule has 2 atom stereocenters. The van der Waals surface area contributed by atoms with Gasteiger partial charge in [0.15, 0.2) is 11.5 Å². The number of rotatable bonds is 9. The van der Waals surface area contributed by atoms with Gasteiger partial charge in [-0.25, -0.2) is 14.2 Å². The Morgan fingerprint density at radius 3 is 2.73 bits per heavy atom. The van der Waals surface area contributed by atoms with Crippen LogP contribution in [0.2, 0.25) is 0 Å². The highest BCUT2D eigenvalue weighted by Gasteiger charge is 2.42. The number of carboxylic acid groups (broad SMARTS) is 1. The molecule has 0 saturated carbocycles. The van der Waals surface area contributed by atoms with Gasteiger partial charge in [-0.2, -0.15) is 0 Å². The van der Waals surface area contributed by atoms with E-state index >= 15 is 0 Å². The number of likely N-dealkylation sites (tertiary alicyclic amines) is 1. The highest BCUT2D eigenvalue weighted by Crippen LogP contribution is 2.49. The maximum atomic E-state index is 14.8. The second kappa shape index (κ2) is 11.4. The minimum Gasteiger partial charge on any atom is -0.478 e. The number of carbonyl (C=O) groups is 1. The summed E-state index contributed by atoms with van der Waals surface area (Å²) in [4.78, 5) is 17.9. The van der Waals surface area contributed by atoms with Crippen molar-refractivity contribution in [2.24, 2.45) is 0 Å². The molecule has 3 heterocycles. The molecule has 9 heteroatoms. The van der Waals surface area contributed by atoms with Gasteiger partial charge in [0, 0.05) is 18.6 Å². The lowest BCUT2D eigenvalue weighted by molar-refractivity contribution is -0.131. The minimum absolute atomic E-state index is 0.260. The number of aromatic nitrogens is 2. The number of carboxylic acids is 1. The van der Waals surface area contributed by atoms with Crippen molar-refractivity contribution >= 4 is 12.0 Å². The van der Waals surface area contributed by atoms with Crippen LogP contribution in [0.5, 0.6) is 11.5 Å². The summed E-state index contributed by atoms with van der Waals surface area (Å²) in [6.45, 7) is 8.14. The first-order valence-corrected chi connectivity index (χ1v) is 13.8. The van der Waals surface area contributed by atoms with E-state index in [9.17, 15) is 14.3 Å². The number of hydrogen-bond acceptors (Lipinski definition) is 6. The van der Waals surface area contributed by atoms with E-state index < -0.39 is 17.9 Å². The molecule has 1 fully saturated rings. The van der Waals surface area contributed by atoms with E-state index in [-0.39, 0.29) is 11.7 Å². The van der Waals surface area contributed by atoms with Crippen LogP contribution < -0.4 is 9.47 Å². The van der Waals surface area contributed by atoms with Crippen LogP contribution in [0.1, 0.15) is 67.2 Å². The van der Waals surface area contributed by atoms with Gasteiger partial charge < -0.3 is 24.3 Å². The average Bonchev–Trinajstić information content (AvgIpc) is 3.47. The smallest absolute Gasteiger partial charge is 0.328 e. The lowest BCUT2D eigenvalue weighted by Gasteiger charge is -2.32. The Morgan fingerprint density at radius 1 is 1.25 bits per heavy atom. The Kier molecular flexibility index (Phi) is 7.96. The molecule has 40 heavy (non-hydrogen) atoms. The first-order chi connectivity index (χ1) is 19.2. The van der Waals surface area contributed by atoms with Crippen molar-refractivity contribution in [3.05, 3.63) is 82.7 Å². The number of aliphatic carboxylic acids is 1. The van der Waals surface area contributed by atoms with Crippen LogP contribution in [0.3, 0.4) is 0 Å². The molecule has 0 aliphatic carbocycles. The lowest BCUT2D eigenvalue weighted by Crippen LogP contribution is -2.34. The summed E-state index contributed by atoms with van der Waals surface area (Å²) < 4.78 is 29.3. The zero-order valence-electron chi connectivity index (χ0n) is 23.1. The molecule has 0 bridgehead atoms. The second-order valence-electron chi connectivity index (χ2n) is 10.8. The number of aliphatic hydroxyl groups excluding tert-OH is 1. The summed E-state index contributed by atoms with van der Waals surface area (Å²) in [6, 6.07) is 11.0. The zero-order valence-corrected chi connectivity index (χ0v) is 23.1. The number of nitrogens with zero attached hydrogens (tertiary/aromatic N) is 3. The third kappa shape index (κ3) is 5.76. The molecule has 1 saturated heterocycles. The highest BCUT2D eigenvalue weighted by molar-refractivity contribution is 5.84. The van der Waals surface area contributed by atoms with Crippen molar-refractivity contribution < 1.29 is 28.9 Å². The van der Waals surface area contributed by atoms with Gasteiger partial charge in [0.05, 0.1) is 36.6 Å². The summed E-state index contributed by atoms with van der Waals surface area (Å²) >= 11 is 0. The van der Waals surface area contributed by atoms with Crippen LogP contribution >= 0.6 is 0 Å². The Labute approximate surface area is 233 Å². The van der Waals surface area contributed by atoms with Gasteiger partial charge >= 0.3 is 5.97 Å². The van der Waals surface area contributed by atoms with E-state index in [1.807, 2.05) is 36.6 Å². The minimum atomic E-state index is -1.23. The van der Waals surface area contributed by atoms with E-state index in [0.717, 1.165) is 49.0 Å². The molecule has 8 nitrogen and oxygen atoms in total. The number of fused-ring (bicyclic) bond motifs is 1. The molecule has 2 aliphatic rings. The summed E-state index contributed by atoms with van der Waals surface area (Å²) in [7, 11) is 0. The Morgan fingerprint density at radius 2 is 2.02 bits per heavy atom. The number of ether oxygens (including phenoxy) is 2. The van der Waals surface area contributed by atoms with Crippen LogP contribution in [-0.2, 0) is 23.7 Å². The molecular weight excluding hydrogens is 513 g/mol. The van der Waals surface area contributed by atoms with Gasteiger partial charge in [-0.15, -0.1) is 0 Å². The maximum absolute atomic E-state index is 14.8. The zero-order chi connectivity index (χ0) is 28.4. The molecule has 2 N–H and O–H groups in total. The van der Waals surface area contributed by atoms with Gasteiger partial charge in [0.25, 0.3) is 5.79 Å². The third-order valence-corrected chi connectivity index (χ3v) is 7.85. The van der Waals surface area contributed by atoms with Crippen LogP contribution in [0.15, 0.2) is 48.7 Å². The van der Waals surface area contributed by atoms with Gasteiger partial charge in [0.2, 0.25) is 0 Å². The normalized spacial score (nSPS) is 20.3. The van der Waals surface area contributed by atoms with Crippen LogP contribution in [0.4, 0.5) is 4.39 Å². The Hall–Kier alpha value is -3.69. The van der Waals surface area contributed by atoms with Crippen LogP contribution in [-0.4, -0.2) is 49.8 Å². The average molecular weight is 550 g/mol. The summed E-state index contributed by atoms with van der Waals surface area (Å²) in [5, 5.41) is 19.3. The van der Waals surface area contributed by atoms with E-state index in [2.05, 4.69) is 16.0 Å². The van der Waals surface area contributed by atoms with Gasteiger partial charge in [-0.1, -0.05) is 25.1 Å². The Bertz CT molecular complexity index is 1410. The second-order valence-corrected chi connectivity index (χ2v) is 10.8. The van der Waals surface area contributed by atoms with Crippen molar-refractivity contribution in [1.29, 1.82) is 0 Å².